The van der Waals surface area contributed by atoms with Gasteiger partial charge in [0.1, 0.15) is 6.54 Å². The van der Waals surface area contributed by atoms with Crippen LogP contribution in [-0.2, 0) is 21.4 Å². The lowest BCUT2D eigenvalue weighted by Crippen LogP contribution is -2.40. The summed E-state index contributed by atoms with van der Waals surface area (Å²) < 4.78 is 36.1. The number of sulfonamides is 1. The van der Waals surface area contributed by atoms with Gasteiger partial charge in [0.05, 0.1) is 26.2 Å². The summed E-state index contributed by atoms with van der Waals surface area (Å²) in [7, 11) is -0.722. The maximum absolute atomic E-state index is 12.5. The van der Waals surface area contributed by atoms with Crippen molar-refractivity contribution in [2.24, 2.45) is 0 Å². The van der Waals surface area contributed by atoms with E-state index in [2.05, 4.69) is 22.3 Å². The van der Waals surface area contributed by atoms with E-state index < -0.39 is 15.9 Å². The highest BCUT2D eigenvalue weighted by atomic mass is 32.2. The number of anilines is 2. The highest BCUT2D eigenvalue weighted by Gasteiger charge is 2.22. The monoisotopic (exact) mass is 447 g/mol. The number of hydrogen-bond donors (Lipinski definition) is 1. The van der Waals surface area contributed by atoms with Crippen LogP contribution >= 0.6 is 0 Å². The molecule has 31 heavy (non-hydrogen) atoms. The van der Waals surface area contributed by atoms with E-state index >= 15 is 0 Å². The van der Waals surface area contributed by atoms with Crippen LogP contribution in [0, 0.1) is 0 Å². The number of carbonyl (C=O) groups excluding carboxylic acids is 1. The summed E-state index contributed by atoms with van der Waals surface area (Å²) in [6.07, 6.45) is 3.50. The molecule has 0 bridgehead atoms. The molecule has 9 heteroatoms. The van der Waals surface area contributed by atoms with Gasteiger partial charge >= 0.3 is 0 Å². The number of hydrogen-bond acceptors (Lipinski definition) is 6. The molecule has 1 heterocycles. The molecule has 0 spiro atoms. The molecule has 168 valence electrons. The number of methoxy groups -OCH3 is 2. The summed E-state index contributed by atoms with van der Waals surface area (Å²) >= 11 is 0. The molecule has 1 aliphatic heterocycles. The number of nitrogens with one attached hydrogen (secondary N) is 1. The van der Waals surface area contributed by atoms with Crippen molar-refractivity contribution in [3.63, 3.8) is 0 Å². The van der Waals surface area contributed by atoms with Crippen LogP contribution in [0.25, 0.3) is 0 Å². The molecule has 1 aliphatic rings. The van der Waals surface area contributed by atoms with Crippen LogP contribution in [0.5, 0.6) is 11.5 Å². The first-order valence-corrected chi connectivity index (χ1v) is 12.0. The smallest absolute Gasteiger partial charge is 0.241 e. The third-order valence-corrected chi connectivity index (χ3v) is 6.38. The second kappa shape index (κ2) is 9.91. The summed E-state index contributed by atoms with van der Waals surface area (Å²) in [5.41, 5.74) is 2.46. The van der Waals surface area contributed by atoms with Gasteiger partial charge in [-0.2, -0.15) is 0 Å². The number of amides is 1. The molecule has 3 rings (SSSR count). The van der Waals surface area contributed by atoms with E-state index in [4.69, 9.17) is 9.47 Å². The molecule has 0 saturated carbocycles. The number of rotatable bonds is 9. The van der Waals surface area contributed by atoms with Gasteiger partial charge in [0, 0.05) is 31.4 Å². The Bertz CT molecular complexity index is 1000. The van der Waals surface area contributed by atoms with E-state index in [1.165, 1.54) is 38.8 Å². The van der Waals surface area contributed by atoms with Gasteiger partial charge in [-0.3, -0.25) is 9.10 Å². The molecule has 8 nitrogen and oxygen atoms in total. The lowest BCUT2D eigenvalue weighted by atomic mass is 10.2. The van der Waals surface area contributed by atoms with Crippen molar-refractivity contribution in [1.82, 2.24) is 5.32 Å². The molecule has 0 aliphatic carbocycles. The Morgan fingerprint density at radius 2 is 1.68 bits per heavy atom. The normalized spacial score (nSPS) is 13.7. The van der Waals surface area contributed by atoms with Gasteiger partial charge in [0.2, 0.25) is 15.9 Å². The number of benzene rings is 2. The summed E-state index contributed by atoms with van der Waals surface area (Å²) in [5, 5.41) is 2.80. The van der Waals surface area contributed by atoms with Crippen molar-refractivity contribution < 1.29 is 22.7 Å². The Balaban J connectivity index is 1.65. The van der Waals surface area contributed by atoms with Gasteiger partial charge in [-0.1, -0.05) is 12.1 Å². The Hall–Kier alpha value is -2.94. The van der Waals surface area contributed by atoms with E-state index in [0.29, 0.717) is 23.7 Å². The maximum atomic E-state index is 12.5. The van der Waals surface area contributed by atoms with Crippen molar-refractivity contribution in [3.8, 4) is 11.5 Å². The highest BCUT2D eigenvalue weighted by molar-refractivity contribution is 7.92. The second-order valence-corrected chi connectivity index (χ2v) is 9.35. The van der Waals surface area contributed by atoms with Crippen LogP contribution in [0.3, 0.4) is 0 Å². The average Bonchev–Trinajstić information content (AvgIpc) is 3.30. The molecule has 1 N–H and O–H groups in total. The molecule has 2 aromatic carbocycles. The van der Waals surface area contributed by atoms with Gasteiger partial charge in [-0.05, 0) is 42.7 Å². The fraction of sp³-hybridized carbons (Fsp3) is 0.409. The minimum absolute atomic E-state index is 0.322. The zero-order chi connectivity index (χ0) is 22.4. The van der Waals surface area contributed by atoms with Crippen LogP contribution < -0.4 is 24.0 Å². The highest BCUT2D eigenvalue weighted by Crippen LogP contribution is 2.32. The summed E-state index contributed by atoms with van der Waals surface area (Å²) in [6, 6.07) is 12.8. The molecular weight excluding hydrogens is 418 g/mol. The lowest BCUT2D eigenvalue weighted by Gasteiger charge is -2.23. The Kier molecular flexibility index (Phi) is 7.27. The van der Waals surface area contributed by atoms with Crippen LogP contribution in [-0.4, -0.2) is 54.4 Å². The molecular formula is C22H29N3O5S. The van der Waals surface area contributed by atoms with Crippen LogP contribution in [0.4, 0.5) is 11.4 Å². The first-order valence-electron chi connectivity index (χ1n) is 10.1. The summed E-state index contributed by atoms with van der Waals surface area (Å²) in [4.78, 5) is 14.9. The molecule has 0 atom stereocenters. The van der Waals surface area contributed by atoms with Gasteiger partial charge in [0.15, 0.2) is 11.5 Å². The molecule has 1 fully saturated rings. The maximum Gasteiger partial charge on any atom is 0.241 e. The zero-order valence-electron chi connectivity index (χ0n) is 18.1. The minimum Gasteiger partial charge on any atom is -0.493 e. The quantitative estimate of drug-likeness (QED) is 0.635. The predicted molar refractivity (Wildman–Crippen MR) is 121 cm³/mol. The number of carbonyl (C=O) groups is 1. The van der Waals surface area contributed by atoms with Gasteiger partial charge in [0.25, 0.3) is 0 Å². The van der Waals surface area contributed by atoms with Gasteiger partial charge < -0.3 is 19.7 Å². The van der Waals surface area contributed by atoms with Crippen molar-refractivity contribution in [3.05, 3.63) is 48.0 Å². The molecule has 0 unspecified atom stereocenters. The third-order valence-electron chi connectivity index (χ3n) is 5.24. The fourth-order valence-corrected chi connectivity index (χ4v) is 4.42. The van der Waals surface area contributed by atoms with E-state index in [9.17, 15) is 13.2 Å². The molecule has 2 aromatic rings. The van der Waals surface area contributed by atoms with Crippen LogP contribution in [0.15, 0.2) is 42.5 Å². The summed E-state index contributed by atoms with van der Waals surface area (Å²) in [6.45, 7) is 2.14. The van der Waals surface area contributed by atoms with Crippen molar-refractivity contribution in [1.29, 1.82) is 0 Å². The molecule has 1 saturated heterocycles. The largest absolute Gasteiger partial charge is 0.493 e. The first kappa shape index (κ1) is 22.7. The van der Waals surface area contributed by atoms with E-state index in [-0.39, 0.29) is 6.54 Å². The number of nitrogens with zero attached hydrogens (tertiary/aromatic N) is 2. The molecule has 0 aromatic heterocycles. The van der Waals surface area contributed by atoms with Crippen molar-refractivity contribution in [2.75, 3.05) is 49.3 Å². The fourth-order valence-electron chi connectivity index (χ4n) is 3.57. The number of ether oxygens (including phenoxy) is 2. The van der Waals surface area contributed by atoms with Gasteiger partial charge in [-0.25, -0.2) is 8.42 Å². The minimum atomic E-state index is -3.69. The zero-order valence-corrected chi connectivity index (χ0v) is 18.9. The van der Waals surface area contributed by atoms with E-state index in [1.54, 1.807) is 12.1 Å². The van der Waals surface area contributed by atoms with Crippen molar-refractivity contribution in [2.45, 2.75) is 19.4 Å². The lowest BCUT2D eigenvalue weighted by molar-refractivity contribution is -0.119. The topological polar surface area (TPSA) is 88.2 Å². The Morgan fingerprint density at radius 1 is 1.03 bits per heavy atom. The first-order chi connectivity index (χ1) is 14.8. The molecule has 1 amide bonds. The van der Waals surface area contributed by atoms with E-state index in [0.717, 1.165) is 29.2 Å². The van der Waals surface area contributed by atoms with Crippen molar-refractivity contribution >= 4 is 27.3 Å². The van der Waals surface area contributed by atoms with Crippen LogP contribution in [0.2, 0.25) is 0 Å². The Morgan fingerprint density at radius 3 is 2.26 bits per heavy atom. The molecule has 0 radical (unpaired) electrons. The standard InChI is InChI=1S/C22H29N3O5S/c1-29-20-11-10-19(14-21(20)30-2)25(31(3,27)28)16-22(26)23-15-17-6-8-18(9-7-17)24-12-4-5-13-24/h6-11,14H,4-5,12-13,15-16H2,1-3H3,(H,23,26). The predicted octanol–water partition coefficient (Wildman–Crippen LogP) is 2.39. The Labute approximate surface area is 183 Å². The summed E-state index contributed by atoms with van der Waals surface area (Å²) in [5.74, 6) is 0.456. The van der Waals surface area contributed by atoms with E-state index in [1.807, 2.05) is 12.1 Å². The average molecular weight is 448 g/mol. The SMILES string of the molecule is COc1ccc(N(CC(=O)NCc2ccc(N3CCCC3)cc2)S(C)(=O)=O)cc1OC. The third kappa shape index (κ3) is 5.81. The van der Waals surface area contributed by atoms with Crippen LogP contribution in [0.1, 0.15) is 18.4 Å². The van der Waals surface area contributed by atoms with Gasteiger partial charge in [-0.15, -0.1) is 0 Å². The second-order valence-electron chi connectivity index (χ2n) is 7.45.